The molecule has 21 heavy (non-hydrogen) atoms. The first-order valence-electron chi connectivity index (χ1n) is 7.13. The highest BCUT2D eigenvalue weighted by atomic mass is 32.2. The summed E-state index contributed by atoms with van der Waals surface area (Å²) in [4.78, 5) is 6.84. The van der Waals surface area contributed by atoms with Gasteiger partial charge in [0.15, 0.2) is 0 Å². The monoisotopic (exact) mass is 332 g/mol. The molecule has 0 aromatic carbocycles. The van der Waals surface area contributed by atoms with Crippen LogP contribution in [0.4, 0.5) is 0 Å². The van der Waals surface area contributed by atoms with E-state index in [-0.39, 0.29) is 17.3 Å². The highest BCUT2D eigenvalue weighted by Crippen LogP contribution is 2.30. The molecule has 0 radical (unpaired) electrons. The van der Waals surface area contributed by atoms with E-state index in [2.05, 4.69) is 31.1 Å². The van der Waals surface area contributed by atoms with Crippen LogP contribution >= 0.6 is 11.3 Å². The molecule has 1 aliphatic heterocycles. The van der Waals surface area contributed by atoms with Gasteiger partial charge in [0.25, 0.3) is 0 Å². The van der Waals surface area contributed by atoms with Crippen LogP contribution in [0.15, 0.2) is 5.38 Å². The Morgan fingerprint density at radius 2 is 2.19 bits per heavy atom. The van der Waals surface area contributed by atoms with Crippen LogP contribution in [0.2, 0.25) is 0 Å². The Balaban J connectivity index is 1.99. The number of aromatic nitrogens is 1. The first kappa shape index (κ1) is 16.9. The molecule has 0 aliphatic carbocycles. The van der Waals surface area contributed by atoms with Crippen LogP contribution in [0.3, 0.4) is 0 Å². The van der Waals surface area contributed by atoms with Gasteiger partial charge in [-0.2, -0.15) is 0 Å². The molecule has 0 saturated carbocycles. The van der Waals surface area contributed by atoms with Gasteiger partial charge < -0.3 is 4.74 Å². The van der Waals surface area contributed by atoms with E-state index >= 15 is 0 Å². The average Bonchev–Trinajstić information content (AvgIpc) is 2.85. The van der Waals surface area contributed by atoms with Gasteiger partial charge in [-0.1, -0.05) is 20.8 Å². The van der Waals surface area contributed by atoms with Crippen molar-refractivity contribution in [3.63, 3.8) is 0 Å². The lowest BCUT2D eigenvalue weighted by Gasteiger charge is -2.31. The number of morpholine rings is 1. The number of ether oxygens (including phenoxy) is 1. The molecule has 0 amide bonds. The maximum Gasteiger partial charge on any atom is 0.148 e. The van der Waals surface area contributed by atoms with E-state index in [9.17, 15) is 8.42 Å². The fourth-order valence-corrected chi connectivity index (χ4v) is 3.80. The molecule has 1 fully saturated rings. The van der Waals surface area contributed by atoms with Crippen molar-refractivity contribution in [2.75, 3.05) is 38.2 Å². The number of sulfone groups is 1. The smallest absolute Gasteiger partial charge is 0.148 e. The average molecular weight is 332 g/mol. The van der Waals surface area contributed by atoms with Crippen molar-refractivity contribution in [3.8, 4) is 0 Å². The standard InChI is InChI=1S/C14H24N2O3S2/c1-14(2,3)12-10-20-13(15-12)11-9-16(5-7-19-11)6-8-21(4,17)18/h10-11H,5-9H2,1-4H3. The number of hydrogen-bond donors (Lipinski definition) is 0. The quantitative estimate of drug-likeness (QED) is 0.842. The second kappa shape index (κ2) is 6.32. The van der Waals surface area contributed by atoms with Gasteiger partial charge in [0.05, 0.1) is 18.1 Å². The second-order valence-corrected chi connectivity index (χ2v) is 9.76. The van der Waals surface area contributed by atoms with E-state index in [0.29, 0.717) is 19.7 Å². The van der Waals surface area contributed by atoms with E-state index in [4.69, 9.17) is 9.72 Å². The summed E-state index contributed by atoms with van der Waals surface area (Å²) in [7, 11) is -2.92. The predicted octanol–water partition coefficient (Wildman–Crippen LogP) is 1.86. The molecule has 1 aromatic heterocycles. The summed E-state index contributed by atoms with van der Waals surface area (Å²) in [6.45, 7) is 9.12. The lowest BCUT2D eigenvalue weighted by Crippen LogP contribution is -2.40. The number of nitrogens with zero attached hydrogens (tertiary/aromatic N) is 2. The van der Waals surface area contributed by atoms with Gasteiger partial charge in [-0.15, -0.1) is 11.3 Å². The van der Waals surface area contributed by atoms with E-state index < -0.39 is 9.84 Å². The van der Waals surface area contributed by atoms with Crippen LogP contribution in [0.25, 0.3) is 0 Å². The predicted molar refractivity (Wildman–Crippen MR) is 85.7 cm³/mol. The largest absolute Gasteiger partial charge is 0.368 e. The Bertz CT molecular complexity index is 575. The Labute approximate surface area is 131 Å². The normalized spacial score (nSPS) is 21.6. The summed E-state index contributed by atoms with van der Waals surface area (Å²) in [5.74, 6) is 0.199. The van der Waals surface area contributed by atoms with Crippen LogP contribution in [0.5, 0.6) is 0 Å². The zero-order valence-electron chi connectivity index (χ0n) is 13.1. The van der Waals surface area contributed by atoms with Gasteiger partial charge in [-0.25, -0.2) is 13.4 Å². The van der Waals surface area contributed by atoms with Crippen molar-refractivity contribution in [1.82, 2.24) is 9.88 Å². The Morgan fingerprint density at radius 3 is 2.76 bits per heavy atom. The molecule has 1 aromatic rings. The molecule has 2 rings (SSSR count). The second-order valence-electron chi connectivity index (χ2n) is 6.61. The minimum absolute atomic E-state index is 0.0411. The van der Waals surface area contributed by atoms with Gasteiger partial charge in [0, 0.05) is 36.7 Å². The van der Waals surface area contributed by atoms with Gasteiger partial charge in [-0.05, 0) is 0 Å². The molecule has 120 valence electrons. The highest BCUT2D eigenvalue weighted by molar-refractivity contribution is 7.90. The fourth-order valence-electron chi connectivity index (χ4n) is 2.13. The highest BCUT2D eigenvalue weighted by Gasteiger charge is 2.26. The fraction of sp³-hybridized carbons (Fsp3) is 0.786. The first-order chi connectivity index (χ1) is 9.65. The molecular weight excluding hydrogens is 308 g/mol. The van der Waals surface area contributed by atoms with Gasteiger partial charge >= 0.3 is 0 Å². The third-order valence-electron chi connectivity index (χ3n) is 3.49. The third kappa shape index (κ3) is 5.02. The van der Waals surface area contributed by atoms with E-state index in [1.165, 1.54) is 6.26 Å². The number of rotatable bonds is 4. The van der Waals surface area contributed by atoms with E-state index in [0.717, 1.165) is 17.2 Å². The summed E-state index contributed by atoms with van der Waals surface area (Å²) in [6.07, 6.45) is 1.24. The molecule has 1 unspecified atom stereocenters. The van der Waals surface area contributed by atoms with Crippen LogP contribution in [0, 0.1) is 0 Å². The number of thiazole rings is 1. The Hall–Kier alpha value is -0.500. The lowest BCUT2D eigenvalue weighted by atomic mass is 9.93. The van der Waals surface area contributed by atoms with Gasteiger partial charge in [0.1, 0.15) is 20.9 Å². The van der Waals surface area contributed by atoms with Crippen LogP contribution < -0.4 is 0 Å². The molecule has 0 N–H and O–H groups in total. The maximum atomic E-state index is 11.3. The van der Waals surface area contributed by atoms with Gasteiger partial charge in [-0.3, -0.25) is 4.90 Å². The van der Waals surface area contributed by atoms with E-state index in [1.54, 1.807) is 11.3 Å². The lowest BCUT2D eigenvalue weighted by molar-refractivity contribution is -0.0280. The molecule has 0 bridgehead atoms. The Morgan fingerprint density at radius 1 is 1.48 bits per heavy atom. The number of hydrogen-bond acceptors (Lipinski definition) is 6. The minimum atomic E-state index is -2.92. The minimum Gasteiger partial charge on any atom is -0.368 e. The van der Waals surface area contributed by atoms with Crippen molar-refractivity contribution < 1.29 is 13.2 Å². The molecule has 1 saturated heterocycles. The van der Waals surface area contributed by atoms with Gasteiger partial charge in [0.2, 0.25) is 0 Å². The molecule has 1 atom stereocenters. The Kier molecular flexibility index (Phi) is 5.07. The van der Waals surface area contributed by atoms with Crippen molar-refractivity contribution in [1.29, 1.82) is 0 Å². The summed E-state index contributed by atoms with van der Waals surface area (Å²) >= 11 is 1.63. The summed E-state index contributed by atoms with van der Waals surface area (Å²) in [6, 6.07) is 0. The summed E-state index contributed by atoms with van der Waals surface area (Å²) in [5, 5.41) is 3.08. The van der Waals surface area contributed by atoms with Crippen molar-refractivity contribution in [2.24, 2.45) is 0 Å². The van der Waals surface area contributed by atoms with E-state index in [1.807, 2.05) is 0 Å². The molecule has 7 heteroatoms. The van der Waals surface area contributed by atoms with Crippen LogP contribution in [-0.4, -0.2) is 56.6 Å². The van der Waals surface area contributed by atoms with Crippen molar-refractivity contribution in [2.45, 2.75) is 32.3 Å². The zero-order valence-corrected chi connectivity index (χ0v) is 14.8. The molecule has 1 aliphatic rings. The maximum absolute atomic E-state index is 11.3. The third-order valence-corrected chi connectivity index (χ3v) is 5.36. The van der Waals surface area contributed by atoms with Crippen molar-refractivity contribution in [3.05, 3.63) is 16.1 Å². The topological polar surface area (TPSA) is 59.5 Å². The van der Waals surface area contributed by atoms with Crippen LogP contribution in [-0.2, 0) is 20.0 Å². The molecule has 5 nitrogen and oxygen atoms in total. The molecule has 0 spiro atoms. The molecular formula is C14H24N2O3S2. The summed E-state index contributed by atoms with van der Waals surface area (Å²) < 4.78 is 28.4. The SMILES string of the molecule is CC(C)(C)c1csc(C2CN(CCS(C)(=O)=O)CCO2)n1. The first-order valence-corrected chi connectivity index (χ1v) is 10.1. The molecule has 2 heterocycles. The zero-order chi connectivity index (χ0) is 15.7. The van der Waals surface area contributed by atoms with Crippen molar-refractivity contribution >= 4 is 21.2 Å². The summed E-state index contributed by atoms with van der Waals surface area (Å²) in [5.41, 5.74) is 1.12. The van der Waals surface area contributed by atoms with Crippen LogP contribution in [0.1, 0.15) is 37.6 Å².